The van der Waals surface area contributed by atoms with Crippen molar-refractivity contribution in [3.05, 3.63) is 204 Å². The molecule has 2 aliphatic carbocycles. The molecule has 1 nitrogen and oxygen atoms in total. The maximum atomic E-state index is 6.08. The van der Waals surface area contributed by atoms with Crippen LogP contribution in [-0.4, -0.2) is 0 Å². The van der Waals surface area contributed by atoms with Gasteiger partial charge in [0.05, 0.1) is 5.41 Å². The second kappa shape index (κ2) is 10.2. The van der Waals surface area contributed by atoms with E-state index in [2.05, 4.69) is 170 Å². The summed E-state index contributed by atoms with van der Waals surface area (Å²) in [5.41, 5.74) is 17.2. The van der Waals surface area contributed by atoms with Crippen LogP contribution in [-0.2, 0) is 5.41 Å². The Morgan fingerprint density at radius 1 is 0.308 bits per heavy atom. The van der Waals surface area contributed by atoms with Crippen molar-refractivity contribution in [3.8, 4) is 44.5 Å². The number of rotatable bonds is 2. The van der Waals surface area contributed by atoms with E-state index in [9.17, 15) is 0 Å². The molecular formula is C51H30O. The maximum absolute atomic E-state index is 6.08. The minimum absolute atomic E-state index is 0.351. The summed E-state index contributed by atoms with van der Waals surface area (Å²) in [4.78, 5) is 0. The lowest BCUT2D eigenvalue weighted by molar-refractivity contribution is 0.669. The van der Waals surface area contributed by atoms with Crippen LogP contribution in [0.1, 0.15) is 22.3 Å². The molecule has 1 heterocycles. The zero-order valence-electron chi connectivity index (χ0n) is 28.2. The van der Waals surface area contributed by atoms with Crippen molar-refractivity contribution >= 4 is 43.5 Å². The number of para-hydroxylation sites is 1. The van der Waals surface area contributed by atoms with Crippen molar-refractivity contribution in [2.45, 2.75) is 5.41 Å². The minimum atomic E-state index is -0.351. The van der Waals surface area contributed by atoms with Gasteiger partial charge in [0.15, 0.2) is 0 Å². The van der Waals surface area contributed by atoms with Gasteiger partial charge >= 0.3 is 0 Å². The molecule has 0 unspecified atom stereocenters. The Labute approximate surface area is 301 Å². The molecule has 0 amide bonds. The highest BCUT2D eigenvalue weighted by atomic mass is 16.3. The van der Waals surface area contributed by atoms with E-state index >= 15 is 0 Å². The molecule has 2 aliphatic rings. The van der Waals surface area contributed by atoms with Crippen molar-refractivity contribution in [2.75, 3.05) is 0 Å². The molecule has 9 aromatic carbocycles. The fourth-order valence-electron chi connectivity index (χ4n) is 9.62. The lowest BCUT2D eigenvalue weighted by atomic mass is 9.69. The lowest BCUT2D eigenvalue weighted by Gasteiger charge is -2.31. The Hall–Kier alpha value is -6.70. The molecule has 0 atom stereocenters. The monoisotopic (exact) mass is 658 g/mol. The first kappa shape index (κ1) is 28.0. The van der Waals surface area contributed by atoms with Crippen LogP contribution >= 0.6 is 0 Å². The average Bonchev–Trinajstić information content (AvgIpc) is 3.84. The van der Waals surface area contributed by atoms with Crippen LogP contribution in [0.25, 0.3) is 88.0 Å². The Kier molecular flexibility index (Phi) is 5.49. The van der Waals surface area contributed by atoms with Crippen molar-refractivity contribution < 1.29 is 4.42 Å². The summed E-state index contributed by atoms with van der Waals surface area (Å²) in [5.74, 6) is 0. The Morgan fingerprint density at radius 2 is 0.788 bits per heavy atom. The second-order valence-corrected chi connectivity index (χ2v) is 14.4. The second-order valence-electron chi connectivity index (χ2n) is 14.4. The highest BCUT2D eigenvalue weighted by molar-refractivity contribution is 6.07. The first-order valence-corrected chi connectivity index (χ1v) is 18.1. The van der Waals surface area contributed by atoms with Gasteiger partial charge in [-0.15, -0.1) is 0 Å². The minimum Gasteiger partial charge on any atom is -0.456 e. The summed E-state index contributed by atoms with van der Waals surface area (Å²) in [6.45, 7) is 0. The average molecular weight is 659 g/mol. The quantitative estimate of drug-likeness (QED) is 0.180. The summed E-state index contributed by atoms with van der Waals surface area (Å²) < 4.78 is 6.08. The van der Waals surface area contributed by atoms with Gasteiger partial charge in [-0.25, -0.2) is 0 Å². The summed E-state index contributed by atoms with van der Waals surface area (Å²) in [6, 6.07) is 67.4. The van der Waals surface area contributed by atoms with Crippen LogP contribution in [0.5, 0.6) is 0 Å². The van der Waals surface area contributed by atoms with Crippen molar-refractivity contribution in [1.29, 1.82) is 0 Å². The summed E-state index contributed by atoms with van der Waals surface area (Å²) >= 11 is 0. The van der Waals surface area contributed by atoms with E-state index in [1.807, 2.05) is 12.1 Å². The SMILES string of the molecule is c1ccc2c(c1)-c1ccccc1C21c2ccccc2-c2ccc3cc(-c4ccc5cc(-c6ccc7oc8ccccc8c7c6)ccc5c4)ccc3c21. The smallest absolute Gasteiger partial charge is 0.135 e. The van der Waals surface area contributed by atoms with Crippen molar-refractivity contribution in [1.82, 2.24) is 0 Å². The molecule has 1 spiro atoms. The molecular weight excluding hydrogens is 629 g/mol. The molecule has 0 saturated heterocycles. The van der Waals surface area contributed by atoms with Gasteiger partial charge in [-0.1, -0.05) is 146 Å². The zero-order valence-corrected chi connectivity index (χ0v) is 28.2. The van der Waals surface area contributed by atoms with Crippen LogP contribution in [0.4, 0.5) is 0 Å². The largest absolute Gasteiger partial charge is 0.456 e. The highest BCUT2D eigenvalue weighted by Crippen LogP contribution is 2.64. The van der Waals surface area contributed by atoms with Gasteiger partial charge in [0.1, 0.15) is 11.2 Å². The zero-order chi connectivity index (χ0) is 34.0. The molecule has 0 saturated carbocycles. The van der Waals surface area contributed by atoms with Gasteiger partial charge in [0.25, 0.3) is 0 Å². The molecule has 12 rings (SSSR count). The van der Waals surface area contributed by atoms with Gasteiger partial charge in [0, 0.05) is 10.8 Å². The first-order valence-electron chi connectivity index (χ1n) is 18.1. The predicted molar refractivity (Wildman–Crippen MR) is 216 cm³/mol. The van der Waals surface area contributed by atoms with Crippen molar-refractivity contribution in [2.24, 2.45) is 0 Å². The van der Waals surface area contributed by atoms with E-state index in [0.29, 0.717) is 0 Å². The number of hydrogen-bond acceptors (Lipinski definition) is 1. The fourth-order valence-corrected chi connectivity index (χ4v) is 9.62. The molecule has 0 aliphatic heterocycles. The number of fused-ring (bicyclic) bond motifs is 16. The van der Waals surface area contributed by atoms with E-state index in [1.165, 1.54) is 88.3 Å². The van der Waals surface area contributed by atoms with Gasteiger partial charge in [-0.3, -0.25) is 0 Å². The van der Waals surface area contributed by atoms with Crippen LogP contribution < -0.4 is 0 Å². The number of hydrogen-bond donors (Lipinski definition) is 0. The molecule has 240 valence electrons. The molecule has 0 bridgehead atoms. The van der Waals surface area contributed by atoms with Gasteiger partial charge < -0.3 is 4.42 Å². The predicted octanol–water partition coefficient (Wildman–Crippen LogP) is 13.6. The van der Waals surface area contributed by atoms with E-state index in [-0.39, 0.29) is 5.41 Å². The van der Waals surface area contributed by atoms with E-state index < -0.39 is 0 Å². The highest BCUT2D eigenvalue weighted by Gasteiger charge is 2.52. The van der Waals surface area contributed by atoms with Gasteiger partial charge in [-0.05, 0) is 125 Å². The molecule has 0 fully saturated rings. The summed E-state index contributed by atoms with van der Waals surface area (Å²) in [6.07, 6.45) is 0. The van der Waals surface area contributed by atoms with Gasteiger partial charge in [0.2, 0.25) is 0 Å². The third-order valence-corrected chi connectivity index (χ3v) is 11.9. The normalized spacial score (nSPS) is 13.5. The summed E-state index contributed by atoms with van der Waals surface area (Å²) in [5, 5.41) is 7.36. The summed E-state index contributed by atoms with van der Waals surface area (Å²) in [7, 11) is 0. The molecule has 0 radical (unpaired) electrons. The first-order chi connectivity index (χ1) is 25.8. The van der Waals surface area contributed by atoms with E-state index in [1.54, 1.807) is 0 Å². The molecule has 10 aromatic rings. The van der Waals surface area contributed by atoms with Crippen LogP contribution in [0, 0.1) is 0 Å². The topological polar surface area (TPSA) is 13.1 Å². The molecule has 0 N–H and O–H groups in total. The third kappa shape index (κ3) is 3.62. The Balaban J connectivity index is 0.985. The fraction of sp³-hybridized carbons (Fsp3) is 0.0196. The van der Waals surface area contributed by atoms with Crippen LogP contribution in [0.15, 0.2) is 186 Å². The van der Waals surface area contributed by atoms with E-state index in [4.69, 9.17) is 4.42 Å². The van der Waals surface area contributed by atoms with E-state index in [0.717, 1.165) is 21.9 Å². The molecule has 1 aromatic heterocycles. The third-order valence-electron chi connectivity index (χ3n) is 11.9. The van der Waals surface area contributed by atoms with Crippen LogP contribution in [0.2, 0.25) is 0 Å². The standard InChI is InChI=1S/C51H30O/c1-5-13-45-39(9-1)40-10-2-6-14-46(40)51(45)47-15-7-3-11-41(47)43-25-22-37-29-35(21-24-38(37)50(43)51)33-18-17-32-28-34(20-19-31(32)27-33)36-23-26-49-44(30-36)42-12-4-8-16-48(42)52-49/h1-30H. The molecule has 1 heteroatoms. The molecule has 52 heavy (non-hydrogen) atoms. The number of furan rings is 1. The maximum Gasteiger partial charge on any atom is 0.135 e. The Bertz CT molecular complexity index is 3080. The Morgan fingerprint density at radius 3 is 1.46 bits per heavy atom. The van der Waals surface area contributed by atoms with Crippen molar-refractivity contribution in [3.63, 3.8) is 0 Å². The lowest BCUT2D eigenvalue weighted by Crippen LogP contribution is -2.26. The van der Waals surface area contributed by atoms with Crippen LogP contribution in [0.3, 0.4) is 0 Å². The van der Waals surface area contributed by atoms with Gasteiger partial charge in [-0.2, -0.15) is 0 Å². The number of benzene rings is 9.